The zero-order valence-corrected chi connectivity index (χ0v) is 8.64. The highest BCUT2D eigenvalue weighted by Gasteiger charge is 2.34. The minimum absolute atomic E-state index is 0.399. The second-order valence-corrected chi connectivity index (χ2v) is 4.90. The van der Waals surface area contributed by atoms with Crippen molar-refractivity contribution in [2.75, 3.05) is 6.61 Å². The van der Waals surface area contributed by atoms with Gasteiger partial charge in [-0.3, -0.25) is 0 Å². The van der Waals surface area contributed by atoms with Crippen molar-refractivity contribution in [2.45, 2.75) is 46.5 Å². The third-order valence-electron chi connectivity index (χ3n) is 3.82. The Morgan fingerprint density at radius 3 is 2.42 bits per heavy atom. The summed E-state index contributed by atoms with van der Waals surface area (Å²) < 4.78 is 0. The van der Waals surface area contributed by atoms with E-state index in [0.717, 1.165) is 5.92 Å². The summed E-state index contributed by atoms with van der Waals surface area (Å²) in [6, 6.07) is 0. The molecule has 12 heavy (non-hydrogen) atoms. The third-order valence-corrected chi connectivity index (χ3v) is 3.82. The van der Waals surface area contributed by atoms with E-state index in [1.54, 1.807) is 0 Å². The smallest absolute Gasteiger partial charge is 0.0459 e. The van der Waals surface area contributed by atoms with E-state index in [0.29, 0.717) is 17.9 Å². The van der Waals surface area contributed by atoms with Crippen molar-refractivity contribution < 1.29 is 5.11 Å². The molecular formula is C11H22O. The Balaban J connectivity index is 2.46. The number of aliphatic hydroxyl groups excluding tert-OH is 1. The molecule has 0 bridgehead atoms. The maximum atomic E-state index is 9.02. The van der Waals surface area contributed by atoms with E-state index in [-0.39, 0.29) is 0 Å². The first kappa shape index (κ1) is 10.0. The first-order chi connectivity index (χ1) is 5.60. The van der Waals surface area contributed by atoms with E-state index in [9.17, 15) is 0 Å². The lowest BCUT2D eigenvalue weighted by Gasteiger charge is -2.30. The monoisotopic (exact) mass is 170 g/mol. The molecule has 0 amide bonds. The molecule has 1 fully saturated rings. The van der Waals surface area contributed by atoms with Gasteiger partial charge in [0.1, 0.15) is 0 Å². The van der Waals surface area contributed by atoms with Gasteiger partial charge in [-0.2, -0.15) is 0 Å². The molecule has 1 saturated carbocycles. The van der Waals surface area contributed by atoms with Crippen LogP contribution in [0.15, 0.2) is 0 Å². The van der Waals surface area contributed by atoms with Gasteiger partial charge in [-0.15, -0.1) is 0 Å². The molecule has 0 aromatic rings. The predicted octanol–water partition coefficient (Wildman–Crippen LogP) is 2.83. The van der Waals surface area contributed by atoms with Gasteiger partial charge in [-0.05, 0) is 36.5 Å². The molecule has 1 aliphatic rings. The van der Waals surface area contributed by atoms with E-state index in [4.69, 9.17) is 5.11 Å². The molecule has 72 valence electrons. The van der Waals surface area contributed by atoms with Gasteiger partial charge >= 0.3 is 0 Å². The van der Waals surface area contributed by atoms with Crippen LogP contribution in [0.3, 0.4) is 0 Å². The molecule has 1 N–H and O–H groups in total. The molecule has 0 radical (unpaired) electrons. The molecule has 0 spiro atoms. The summed E-state index contributed by atoms with van der Waals surface area (Å²) in [6.45, 7) is 7.39. The van der Waals surface area contributed by atoms with Gasteiger partial charge in [0.25, 0.3) is 0 Å². The lowest BCUT2D eigenvalue weighted by Crippen LogP contribution is -2.21. The molecule has 1 heteroatoms. The Labute approximate surface area is 76.2 Å². The number of rotatable bonds is 3. The highest BCUT2D eigenvalue weighted by Crippen LogP contribution is 2.43. The van der Waals surface area contributed by atoms with Crippen LogP contribution in [0.1, 0.15) is 46.5 Å². The zero-order chi connectivity index (χ0) is 9.19. The van der Waals surface area contributed by atoms with Crippen LogP contribution in [-0.2, 0) is 0 Å². The van der Waals surface area contributed by atoms with E-state index in [1.165, 1.54) is 25.7 Å². The second kappa shape index (κ2) is 3.78. The maximum absolute atomic E-state index is 9.02. The van der Waals surface area contributed by atoms with Crippen LogP contribution < -0.4 is 0 Å². The van der Waals surface area contributed by atoms with E-state index >= 15 is 0 Å². The highest BCUT2D eigenvalue weighted by molar-refractivity contribution is 4.84. The molecule has 0 saturated heterocycles. The van der Waals surface area contributed by atoms with Crippen LogP contribution >= 0.6 is 0 Å². The SMILES string of the molecule is CCC(C)(C)[C@H]1CC[C@H](CO)C1. The van der Waals surface area contributed by atoms with Crippen molar-refractivity contribution in [1.82, 2.24) is 0 Å². The molecule has 1 nitrogen and oxygen atoms in total. The van der Waals surface area contributed by atoms with Gasteiger partial charge in [0.15, 0.2) is 0 Å². The fourth-order valence-electron chi connectivity index (χ4n) is 2.24. The van der Waals surface area contributed by atoms with Crippen molar-refractivity contribution in [3.63, 3.8) is 0 Å². The number of hydrogen-bond acceptors (Lipinski definition) is 1. The van der Waals surface area contributed by atoms with Gasteiger partial charge in [-0.25, -0.2) is 0 Å². The Bertz CT molecular complexity index is 140. The average Bonchev–Trinajstić information content (AvgIpc) is 2.52. The van der Waals surface area contributed by atoms with Gasteiger partial charge in [-0.1, -0.05) is 27.2 Å². The molecule has 0 aliphatic heterocycles. The summed E-state index contributed by atoms with van der Waals surface area (Å²) in [5.41, 5.74) is 0.490. The van der Waals surface area contributed by atoms with Crippen molar-refractivity contribution in [1.29, 1.82) is 0 Å². The largest absolute Gasteiger partial charge is 0.396 e. The molecule has 1 rings (SSSR count). The van der Waals surface area contributed by atoms with Gasteiger partial charge < -0.3 is 5.11 Å². The van der Waals surface area contributed by atoms with Crippen LogP contribution in [0.4, 0.5) is 0 Å². The average molecular weight is 170 g/mol. The van der Waals surface area contributed by atoms with E-state index in [2.05, 4.69) is 20.8 Å². The first-order valence-electron chi connectivity index (χ1n) is 5.21. The Morgan fingerprint density at radius 1 is 1.33 bits per heavy atom. The summed E-state index contributed by atoms with van der Waals surface area (Å²) in [5, 5.41) is 9.02. The summed E-state index contributed by atoms with van der Waals surface area (Å²) in [7, 11) is 0. The fraction of sp³-hybridized carbons (Fsp3) is 1.00. The Kier molecular flexibility index (Phi) is 3.16. The quantitative estimate of drug-likeness (QED) is 0.690. The van der Waals surface area contributed by atoms with Crippen LogP contribution in [0.25, 0.3) is 0 Å². The molecule has 1 aliphatic carbocycles. The first-order valence-corrected chi connectivity index (χ1v) is 5.21. The van der Waals surface area contributed by atoms with Crippen molar-refractivity contribution in [2.24, 2.45) is 17.3 Å². The number of aliphatic hydroxyl groups is 1. The predicted molar refractivity (Wildman–Crippen MR) is 52.0 cm³/mol. The van der Waals surface area contributed by atoms with Crippen LogP contribution in [0.5, 0.6) is 0 Å². The zero-order valence-electron chi connectivity index (χ0n) is 8.64. The van der Waals surface area contributed by atoms with Crippen LogP contribution in [-0.4, -0.2) is 11.7 Å². The molecular weight excluding hydrogens is 148 g/mol. The summed E-state index contributed by atoms with van der Waals surface area (Å²) in [5.74, 6) is 1.44. The second-order valence-electron chi connectivity index (χ2n) is 4.90. The molecule has 0 aromatic heterocycles. The molecule has 0 unspecified atom stereocenters. The lowest BCUT2D eigenvalue weighted by molar-refractivity contribution is 0.182. The highest BCUT2D eigenvalue weighted by atomic mass is 16.3. The lowest BCUT2D eigenvalue weighted by atomic mass is 9.75. The molecule has 0 heterocycles. The summed E-state index contributed by atoms with van der Waals surface area (Å²) in [4.78, 5) is 0. The van der Waals surface area contributed by atoms with Crippen LogP contribution in [0.2, 0.25) is 0 Å². The maximum Gasteiger partial charge on any atom is 0.0459 e. The van der Waals surface area contributed by atoms with Crippen molar-refractivity contribution in [3.8, 4) is 0 Å². The fourth-order valence-corrected chi connectivity index (χ4v) is 2.24. The minimum Gasteiger partial charge on any atom is -0.396 e. The van der Waals surface area contributed by atoms with Crippen molar-refractivity contribution >= 4 is 0 Å². The molecule has 2 atom stereocenters. The molecule has 0 aromatic carbocycles. The topological polar surface area (TPSA) is 20.2 Å². The van der Waals surface area contributed by atoms with Gasteiger partial charge in [0.2, 0.25) is 0 Å². The standard InChI is InChI=1S/C11H22O/c1-4-11(2,3)10-6-5-9(7-10)8-12/h9-10,12H,4-8H2,1-3H3/t9-,10-/m0/s1. The third kappa shape index (κ3) is 2.01. The van der Waals surface area contributed by atoms with Gasteiger partial charge in [0.05, 0.1) is 0 Å². The number of hydrogen-bond donors (Lipinski definition) is 1. The van der Waals surface area contributed by atoms with Gasteiger partial charge in [0, 0.05) is 6.61 Å². The van der Waals surface area contributed by atoms with Crippen LogP contribution in [0, 0.1) is 17.3 Å². The van der Waals surface area contributed by atoms with E-state index < -0.39 is 0 Å². The van der Waals surface area contributed by atoms with E-state index in [1.807, 2.05) is 0 Å². The summed E-state index contributed by atoms with van der Waals surface area (Å²) >= 11 is 0. The minimum atomic E-state index is 0.399. The normalized spacial score (nSPS) is 31.0. The Morgan fingerprint density at radius 2 is 2.00 bits per heavy atom. The summed E-state index contributed by atoms with van der Waals surface area (Å²) in [6.07, 6.45) is 5.07. The Hall–Kier alpha value is -0.0400. The van der Waals surface area contributed by atoms with Crippen molar-refractivity contribution in [3.05, 3.63) is 0 Å².